The summed E-state index contributed by atoms with van der Waals surface area (Å²) < 4.78 is 37.1. The van der Waals surface area contributed by atoms with Crippen LogP contribution in [0.4, 0.5) is 0 Å². The summed E-state index contributed by atoms with van der Waals surface area (Å²) in [6.45, 7) is 9.40. The van der Waals surface area contributed by atoms with Gasteiger partial charge in [-0.2, -0.15) is 0 Å². The minimum atomic E-state index is -3.65. The zero-order valence-electron chi connectivity index (χ0n) is 22.2. The van der Waals surface area contributed by atoms with Crippen molar-refractivity contribution in [3.63, 3.8) is 0 Å². The second-order valence-corrected chi connectivity index (χ2v) is 13.1. The van der Waals surface area contributed by atoms with Gasteiger partial charge in [-0.15, -0.1) is 0 Å². The first-order valence-electron chi connectivity index (χ1n) is 13.8. The summed E-state index contributed by atoms with van der Waals surface area (Å²) in [5, 5.41) is 0. The highest BCUT2D eigenvalue weighted by Crippen LogP contribution is 2.36. The molecule has 0 N–H and O–H groups in total. The topological polar surface area (TPSA) is 79.4 Å². The molecule has 1 aliphatic carbocycles. The van der Waals surface area contributed by atoms with Gasteiger partial charge in [0.25, 0.3) is 0 Å². The zero-order valence-corrected chi connectivity index (χ0v) is 23.0. The van der Waals surface area contributed by atoms with Gasteiger partial charge in [0.05, 0.1) is 9.79 Å². The summed E-state index contributed by atoms with van der Waals surface area (Å²) in [7, 11) is -3.65. The average molecular weight is 540 g/mol. The maximum absolute atomic E-state index is 13.2. The van der Waals surface area contributed by atoms with Gasteiger partial charge in [0.15, 0.2) is 11.5 Å². The van der Waals surface area contributed by atoms with Crippen LogP contribution in [-0.4, -0.2) is 80.6 Å². The Balaban J connectivity index is 1.06. The number of hydrogen-bond acceptors (Lipinski definition) is 7. The van der Waals surface area contributed by atoms with Crippen molar-refractivity contribution in [2.75, 3.05) is 39.5 Å². The molecule has 0 aromatic heterocycles. The van der Waals surface area contributed by atoms with Crippen LogP contribution >= 0.6 is 0 Å². The van der Waals surface area contributed by atoms with E-state index in [9.17, 15) is 13.2 Å². The number of sulfone groups is 1. The number of amides is 1. The molecule has 1 amide bonds. The molecule has 1 saturated carbocycles. The number of piperazine rings is 1. The lowest BCUT2D eigenvalue weighted by Gasteiger charge is -2.47. The summed E-state index contributed by atoms with van der Waals surface area (Å²) in [5.74, 6) is 1.72. The minimum absolute atomic E-state index is 0.110. The summed E-state index contributed by atoms with van der Waals surface area (Å²) in [4.78, 5) is 20.1. The molecule has 3 fully saturated rings. The Bertz CT molecular complexity index is 1290. The van der Waals surface area contributed by atoms with Crippen molar-refractivity contribution >= 4 is 15.7 Å². The van der Waals surface area contributed by atoms with Crippen molar-refractivity contribution in [2.45, 2.75) is 67.4 Å². The predicted molar refractivity (Wildman–Crippen MR) is 143 cm³/mol. The molecule has 9 heteroatoms. The fourth-order valence-corrected chi connectivity index (χ4v) is 7.52. The molecule has 3 heterocycles. The molecule has 2 saturated heterocycles. The van der Waals surface area contributed by atoms with Crippen LogP contribution < -0.4 is 9.47 Å². The standard InChI is InChI=1S/C29H37N3O5S/c1-20-18-31(24-11-13-30(14-12-24)29(33)23-3-4-23)15-16-32(20)21(2)22-5-7-25(8-6-22)38(34,35)26-9-10-27-28(17-26)37-19-36-27/h5-10,17,20-21,23-24H,3-4,11-16,18-19H2,1-2H3/t20-,21+/m1/s1. The van der Waals surface area contributed by atoms with Gasteiger partial charge < -0.3 is 14.4 Å². The van der Waals surface area contributed by atoms with Gasteiger partial charge in [-0.1, -0.05) is 12.1 Å². The van der Waals surface area contributed by atoms with Gasteiger partial charge in [-0.3, -0.25) is 14.6 Å². The monoisotopic (exact) mass is 539 g/mol. The molecule has 2 atom stereocenters. The maximum atomic E-state index is 13.2. The van der Waals surface area contributed by atoms with E-state index in [2.05, 4.69) is 28.5 Å². The van der Waals surface area contributed by atoms with E-state index in [1.54, 1.807) is 24.3 Å². The van der Waals surface area contributed by atoms with E-state index < -0.39 is 9.84 Å². The van der Waals surface area contributed by atoms with Gasteiger partial charge in [0, 0.05) is 62.8 Å². The number of piperidine rings is 1. The Labute approximate surface area is 225 Å². The van der Waals surface area contributed by atoms with E-state index in [0.29, 0.717) is 35.4 Å². The van der Waals surface area contributed by atoms with Crippen molar-refractivity contribution in [1.82, 2.24) is 14.7 Å². The first-order valence-corrected chi connectivity index (χ1v) is 15.3. The number of fused-ring (bicyclic) bond motifs is 1. The van der Waals surface area contributed by atoms with Crippen molar-refractivity contribution in [3.05, 3.63) is 48.0 Å². The van der Waals surface area contributed by atoms with E-state index in [4.69, 9.17) is 9.47 Å². The number of ether oxygens (including phenoxy) is 2. The molecule has 204 valence electrons. The number of carbonyl (C=O) groups is 1. The third-order valence-electron chi connectivity index (χ3n) is 8.75. The summed E-state index contributed by atoms with van der Waals surface area (Å²) in [6, 6.07) is 13.2. The van der Waals surface area contributed by atoms with Crippen molar-refractivity contribution in [3.8, 4) is 11.5 Å². The second kappa shape index (κ2) is 10.2. The largest absolute Gasteiger partial charge is 0.454 e. The normalized spacial score (nSPS) is 23.9. The van der Waals surface area contributed by atoms with Crippen LogP contribution in [0, 0.1) is 5.92 Å². The lowest BCUT2D eigenvalue weighted by molar-refractivity contribution is -0.134. The van der Waals surface area contributed by atoms with Crippen LogP contribution in [0.1, 0.15) is 51.1 Å². The Morgan fingerprint density at radius 2 is 1.58 bits per heavy atom. The predicted octanol–water partition coefficient (Wildman–Crippen LogP) is 3.72. The Hall–Kier alpha value is -2.62. The molecule has 3 aliphatic heterocycles. The van der Waals surface area contributed by atoms with Crippen LogP contribution in [0.25, 0.3) is 0 Å². The van der Waals surface area contributed by atoms with Gasteiger partial charge in [-0.25, -0.2) is 8.42 Å². The number of nitrogens with zero attached hydrogens (tertiary/aromatic N) is 3. The Morgan fingerprint density at radius 3 is 2.26 bits per heavy atom. The molecule has 0 spiro atoms. The van der Waals surface area contributed by atoms with Crippen LogP contribution in [0.5, 0.6) is 11.5 Å². The first-order chi connectivity index (χ1) is 18.3. The molecular weight excluding hydrogens is 502 g/mol. The molecule has 6 rings (SSSR count). The quantitative estimate of drug-likeness (QED) is 0.554. The van der Waals surface area contributed by atoms with Crippen molar-refractivity contribution in [1.29, 1.82) is 0 Å². The minimum Gasteiger partial charge on any atom is -0.454 e. The molecule has 4 aliphatic rings. The van der Waals surface area contributed by atoms with E-state index in [-0.39, 0.29) is 22.6 Å². The third-order valence-corrected chi connectivity index (χ3v) is 10.5. The number of carbonyl (C=O) groups excluding carboxylic acids is 1. The molecule has 2 aromatic carbocycles. The lowest BCUT2D eigenvalue weighted by atomic mass is 9.98. The molecule has 0 unspecified atom stereocenters. The highest BCUT2D eigenvalue weighted by atomic mass is 32.2. The SMILES string of the molecule is C[C@@H]1CN(C2CCN(C(=O)C3CC3)CC2)CCN1[C@@H](C)c1ccc(S(=O)(=O)c2ccc3c(c2)OCO3)cc1. The Kier molecular flexibility index (Phi) is 6.86. The van der Waals surface area contributed by atoms with E-state index in [1.807, 2.05) is 12.1 Å². The maximum Gasteiger partial charge on any atom is 0.231 e. The number of hydrogen-bond donors (Lipinski definition) is 0. The summed E-state index contributed by atoms with van der Waals surface area (Å²) in [5.41, 5.74) is 1.11. The molecule has 0 radical (unpaired) electrons. The molecule has 8 nitrogen and oxygen atoms in total. The molecule has 2 aromatic rings. The smallest absolute Gasteiger partial charge is 0.231 e. The van der Waals surface area contributed by atoms with Gasteiger partial charge in [0.2, 0.25) is 22.5 Å². The van der Waals surface area contributed by atoms with Crippen LogP contribution in [0.3, 0.4) is 0 Å². The highest BCUT2D eigenvalue weighted by Gasteiger charge is 2.37. The highest BCUT2D eigenvalue weighted by molar-refractivity contribution is 7.91. The number of benzene rings is 2. The molecule has 0 bridgehead atoms. The van der Waals surface area contributed by atoms with Crippen molar-refractivity contribution in [2.24, 2.45) is 5.92 Å². The summed E-state index contributed by atoms with van der Waals surface area (Å²) >= 11 is 0. The number of rotatable bonds is 6. The van der Waals surface area contributed by atoms with Crippen LogP contribution in [-0.2, 0) is 14.6 Å². The van der Waals surface area contributed by atoms with E-state index in [0.717, 1.165) is 64.0 Å². The second-order valence-electron chi connectivity index (χ2n) is 11.2. The fourth-order valence-electron chi connectivity index (χ4n) is 6.24. The van der Waals surface area contributed by atoms with E-state index >= 15 is 0 Å². The van der Waals surface area contributed by atoms with Crippen LogP contribution in [0.2, 0.25) is 0 Å². The third kappa shape index (κ3) is 4.92. The lowest BCUT2D eigenvalue weighted by Crippen LogP contribution is -2.57. The first kappa shape index (κ1) is 25.6. The van der Waals surface area contributed by atoms with E-state index in [1.165, 1.54) is 6.07 Å². The fraction of sp³-hybridized carbons (Fsp3) is 0.552. The molecular formula is C29H37N3O5S. The zero-order chi connectivity index (χ0) is 26.4. The Morgan fingerprint density at radius 1 is 0.895 bits per heavy atom. The van der Waals surface area contributed by atoms with Gasteiger partial charge in [-0.05, 0) is 69.4 Å². The van der Waals surface area contributed by atoms with Gasteiger partial charge >= 0.3 is 0 Å². The number of likely N-dealkylation sites (tertiary alicyclic amines) is 1. The summed E-state index contributed by atoms with van der Waals surface area (Å²) in [6.07, 6.45) is 4.30. The van der Waals surface area contributed by atoms with Gasteiger partial charge in [0.1, 0.15) is 0 Å². The molecule has 38 heavy (non-hydrogen) atoms. The van der Waals surface area contributed by atoms with Crippen LogP contribution in [0.15, 0.2) is 52.3 Å². The van der Waals surface area contributed by atoms with Crippen molar-refractivity contribution < 1.29 is 22.7 Å². The average Bonchev–Trinajstić information content (AvgIpc) is 3.69.